The summed E-state index contributed by atoms with van der Waals surface area (Å²) >= 11 is 0. The van der Waals surface area contributed by atoms with Crippen LogP contribution in [0.25, 0.3) is 0 Å². The highest BCUT2D eigenvalue weighted by molar-refractivity contribution is 5.85. The molecular weight excluding hydrogens is 327 g/mol. The number of likely N-dealkylation sites (N-methyl/N-ethyl adjacent to an activating group) is 1. The number of hydrogen-bond donors (Lipinski definition) is 1. The molecular formula is C18H24ClFN4. The van der Waals surface area contributed by atoms with Crippen LogP contribution in [0.2, 0.25) is 0 Å². The summed E-state index contributed by atoms with van der Waals surface area (Å²) < 4.78 is 13.7. The van der Waals surface area contributed by atoms with Crippen LogP contribution in [0.3, 0.4) is 0 Å². The SMILES string of the molecule is CN1CCN(c2ncccc2CNCc2ccccc2F)CC1.Cl. The van der Waals surface area contributed by atoms with E-state index in [0.29, 0.717) is 18.7 Å². The molecule has 2 heterocycles. The van der Waals surface area contributed by atoms with Gasteiger partial charge in [0.05, 0.1) is 0 Å². The van der Waals surface area contributed by atoms with Gasteiger partial charge in [0, 0.05) is 56.6 Å². The van der Waals surface area contributed by atoms with E-state index in [9.17, 15) is 4.39 Å². The lowest BCUT2D eigenvalue weighted by Gasteiger charge is -2.34. The number of aromatic nitrogens is 1. The fourth-order valence-electron chi connectivity index (χ4n) is 2.84. The average molecular weight is 351 g/mol. The van der Waals surface area contributed by atoms with Crippen LogP contribution in [0.15, 0.2) is 42.6 Å². The van der Waals surface area contributed by atoms with Crippen LogP contribution in [0, 0.1) is 5.82 Å². The Kier molecular flexibility index (Phi) is 6.97. The van der Waals surface area contributed by atoms with Crippen molar-refractivity contribution in [2.24, 2.45) is 0 Å². The average Bonchev–Trinajstić information content (AvgIpc) is 2.58. The van der Waals surface area contributed by atoms with E-state index < -0.39 is 0 Å². The van der Waals surface area contributed by atoms with Crippen LogP contribution in [-0.2, 0) is 13.1 Å². The molecule has 2 aromatic rings. The van der Waals surface area contributed by atoms with E-state index >= 15 is 0 Å². The summed E-state index contributed by atoms with van der Waals surface area (Å²) in [7, 11) is 2.15. The number of nitrogens with zero attached hydrogens (tertiary/aromatic N) is 3. The van der Waals surface area contributed by atoms with Crippen molar-refractivity contribution in [3.8, 4) is 0 Å². The van der Waals surface area contributed by atoms with E-state index in [-0.39, 0.29) is 18.2 Å². The van der Waals surface area contributed by atoms with Crippen molar-refractivity contribution < 1.29 is 4.39 Å². The van der Waals surface area contributed by atoms with Gasteiger partial charge >= 0.3 is 0 Å². The molecule has 0 bridgehead atoms. The van der Waals surface area contributed by atoms with E-state index in [1.165, 1.54) is 6.07 Å². The summed E-state index contributed by atoms with van der Waals surface area (Å²) in [6.07, 6.45) is 1.84. The van der Waals surface area contributed by atoms with Gasteiger partial charge in [0.1, 0.15) is 11.6 Å². The first-order valence-corrected chi connectivity index (χ1v) is 8.05. The zero-order valence-corrected chi connectivity index (χ0v) is 14.7. The second-order valence-electron chi connectivity index (χ2n) is 5.97. The number of halogens is 2. The zero-order valence-electron chi connectivity index (χ0n) is 13.9. The van der Waals surface area contributed by atoms with E-state index in [4.69, 9.17) is 0 Å². The number of hydrogen-bond acceptors (Lipinski definition) is 4. The molecule has 1 fully saturated rings. The van der Waals surface area contributed by atoms with Gasteiger partial charge in [-0.3, -0.25) is 0 Å². The molecule has 1 aliphatic heterocycles. The number of nitrogens with one attached hydrogen (secondary N) is 1. The Bertz CT molecular complexity index is 644. The summed E-state index contributed by atoms with van der Waals surface area (Å²) in [6, 6.07) is 10.9. The Hall–Kier alpha value is -1.69. The van der Waals surface area contributed by atoms with Crippen LogP contribution in [0.1, 0.15) is 11.1 Å². The first-order chi connectivity index (χ1) is 11.2. The van der Waals surface area contributed by atoms with Gasteiger partial charge in [-0.25, -0.2) is 9.37 Å². The normalized spacial score (nSPS) is 15.2. The van der Waals surface area contributed by atoms with Crippen molar-refractivity contribution in [1.29, 1.82) is 0 Å². The van der Waals surface area contributed by atoms with Crippen molar-refractivity contribution in [2.45, 2.75) is 13.1 Å². The Morgan fingerprint density at radius 2 is 1.67 bits per heavy atom. The highest BCUT2D eigenvalue weighted by atomic mass is 35.5. The van der Waals surface area contributed by atoms with Gasteiger partial charge in [-0.15, -0.1) is 12.4 Å². The topological polar surface area (TPSA) is 31.4 Å². The largest absolute Gasteiger partial charge is 0.354 e. The number of anilines is 1. The maximum atomic E-state index is 13.7. The summed E-state index contributed by atoms with van der Waals surface area (Å²) in [5, 5.41) is 3.33. The van der Waals surface area contributed by atoms with Gasteiger partial charge in [0.15, 0.2) is 0 Å². The monoisotopic (exact) mass is 350 g/mol. The molecule has 0 unspecified atom stereocenters. The van der Waals surface area contributed by atoms with Gasteiger partial charge in [0.2, 0.25) is 0 Å². The Morgan fingerprint density at radius 3 is 2.42 bits per heavy atom. The van der Waals surface area contributed by atoms with E-state index in [2.05, 4.69) is 33.2 Å². The first kappa shape index (κ1) is 18.6. The smallest absolute Gasteiger partial charge is 0.133 e. The van der Waals surface area contributed by atoms with E-state index in [1.54, 1.807) is 6.07 Å². The molecule has 130 valence electrons. The second-order valence-corrected chi connectivity index (χ2v) is 5.97. The third-order valence-corrected chi connectivity index (χ3v) is 4.26. The number of pyridine rings is 1. The molecule has 1 saturated heterocycles. The van der Waals surface area contributed by atoms with Crippen LogP contribution >= 0.6 is 12.4 Å². The van der Waals surface area contributed by atoms with Crippen LogP contribution in [0.5, 0.6) is 0 Å². The molecule has 0 radical (unpaired) electrons. The van der Waals surface area contributed by atoms with Gasteiger partial charge in [-0.1, -0.05) is 24.3 Å². The third kappa shape index (κ3) is 4.66. The van der Waals surface area contributed by atoms with Gasteiger partial charge in [0.25, 0.3) is 0 Å². The molecule has 0 spiro atoms. The third-order valence-electron chi connectivity index (χ3n) is 4.26. The molecule has 0 aliphatic carbocycles. The maximum Gasteiger partial charge on any atom is 0.133 e. The number of piperazine rings is 1. The summed E-state index contributed by atoms with van der Waals surface area (Å²) in [5.41, 5.74) is 1.85. The molecule has 0 atom stereocenters. The van der Waals surface area contributed by atoms with Crippen LogP contribution in [0.4, 0.5) is 10.2 Å². The number of rotatable bonds is 5. The Labute approximate surface area is 149 Å². The zero-order chi connectivity index (χ0) is 16.1. The van der Waals surface area contributed by atoms with Gasteiger partial charge in [-0.05, 0) is 19.2 Å². The Balaban J connectivity index is 0.00000208. The second kappa shape index (κ2) is 8.97. The van der Waals surface area contributed by atoms with Crippen molar-refractivity contribution in [3.05, 3.63) is 59.5 Å². The summed E-state index contributed by atoms with van der Waals surface area (Å²) in [6.45, 7) is 5.30. The quantitative estimate of drug-likeness (QED) is 0.898. The minimum atomic E-state index is -0.162. The minimum absolute atomic E-state index is 0. The van der Waals surface area contributed by atoms with E-state index in [0.717, 1.165) is 37.6 Å². The first-order valence-electron chi connectivity index (χ1n) is 8.05. The predicted molar refractivity (Wildman–Crippen MR) is 98.1 cm³/mol. The number of benzene rings is 1. The van der Waals surface area contributed by atoms with Gasteiger partial charge < -0.3 is 15.1 Å². The molecule has 0 saturated carbocycles. The van der Waals surface area contributed by atoms with Crippen LogP contribution in [-0.4, -0.2) is 43.1 Å². The van der Waals surface area contributed by atoms with Crippen LogP contribution < -0.4 is 10.2 Å². The summed E-state index contributed by atoms with van der Waals surface area (Å²) in [5.74, 6) is 0.882. The molecule has 1 aromatic heterocycles. The summed E-state index contributed by atoms with van der Waals surface area (Å²) in [4.78, 5) is 9.23. The van der Waals surface area contributed by atoms with E-state index in [1.807, 2.05) is 24.4 Å². The molecule has 1 N–H and O–H groups in total. The molecule has 6 heteroatoms. The molecule has 3 rings (SSSR count). The lowest BCUT2D eigenvalue weighted by atomic mass is 10.2. The van der Waals surface area contributed by atoms with Gasteiger partial charge in [-0.2, -0.15) is 0 Å². The maximum absolute atomic E-state index is 13.7. The van der Waals surface area contributed by atoms with Crippen molar-refractivity contribution in [1.82, 2.24) is 15.2 Å². The predicted octanol–water partition coefficient (Wildman–Crippen LogP) is 2.68. The highest BCUT2D eigenvalue weighted by Crippen LogP contribution is 2.18. The van der Waals surface area contributed by atoms with Crippen molar-refractivity contribution in [2.75, 3.05) is 38.1 Å². The molecule has 1 aromatic carbocycles. The minimum Gasteiger partial charge on any atom is -0.354 e. The molecule has 0 amide bonds. The molecule has 1 aliphatic rings. The highest BCUT2D eigenvalue weighted by Gasteiger charge is 2.17. The lowest BCUT2D eigenvalue weighted by molar-refractivity contribution is 0.311. The lowest BCUT2D eigenvalue weighted by Crippen LogP contribution is -2.45. The van der Waals surface area contributed by atoms with Crippen molar-refractivity contribution in [3.63, 3.8) is 0 Å². The fraction of sp³-hybridized carbons (Fsp3) is 0.389. The Morgan fingerprint density at radius 1 is 1.00 bits per heavy atom. The standard InChI is InChI=1S/C18H23FN4.ClH/c1-22-9-11-23(12-10-22)18-16(6-4-8-21-18)14-20-13-15-5-2-3-7-17(15)19;/h2-8,20H,9-14H2,1H3;1H. The fourth-order valence-corrected chi connectivity index (χ4v) is 2.84. The van der Waals surface area contributed by atoms with Crippen molar-refractivity contribution >= 4 is 18.2 Å². The molecule has 4 nitrogen and oxygen atoms in total. The molecule has 24 heavy (non-hydrogen) atoms.